The van der Waals surface area contributed by atoms with E-state index in [1.165, 1.54) is 19.3 Å². The Bertz CT molecular complexity index is 411. The molecule has 17 heavy (non-hydrogen) atoms. The van der Waals surface area contributed by atoms with Crippen LogP contribution in [0.15, 0.2) is 18.2 Å². The highest BCUT2D eigenvalue weighted by molar-refractivity contribution is 6.31. The second-order valence-electron chi connectivity index (χ2n) is 4.72. The lowest BCUT2D eigenvalue weighted by molar-refractivity contribution is 0.0915. The zero-order valence-corrected chi connectivity index (χ0v) is 11.0. The highest BCUT2D eigenvalue weighted by Gasteiger charge is 2.15. The molecule has 3 heteroatoms. The fourth-order valence-corrected chi connectivity index (χ4v) is 2.35. The molecule has 0 N–H and O–H groups in total. The smallest absolute Gasteiger partial charge is 0.176 e. The maximum absolute atomic E-state index is 12.1. The Kier molecular flexibility index (Phi) is 4.19. The van der Waals surface area contributed by atoms with Gasteiger partial charge in [-0.25, -0.2) is 0 Å². The molecule has 92 valence electrons. The van der Waals surface area contributed by atoms with Gasteiger partial charge in [0, 0.05) is 10.6 Å². The monoisotopic (exact) mass is 251 g/mol. The van der Waals surface area contributed by atoms with Gasteiger partial charge in [-0.15, -0.1) is 0 Å². The van der Waals surface area contributed by atoms with Gasteiger partial charge in [-0.3, -0.25) is 9.69 Å². The molecule has 0 amide bonds. The van der Waals surface area contributed by atoms with Gasteiger partial charge in [0.25, 0.3) is 0 Å². The molecule has 0 unspecified atom stereocenters. The molecule has 1 fully saturated rings. The number of carbonyl (C=O) groups is 1. The molecule has 0 radical (unpaired) electrons. The summed E-state index contributed by atoms with van der Waals surface area (Å²) in [7, 11) is 0. The number of piperidine rings is 1. The number of rotatable bonds is 3. The number of benzene rings is 1. The van der Waals surface area contributed by atoms with Gasteiger partial charge in [0.1, 0.15) is 0 Å². The first kappa shape index (κ1) is 12.6. The van der Waals surface area contributed by atoms with Gasteiger partial charge in [0.15, 0.2) is 5.78 Å². The van der Waals surface area contributed by atoms with E-state index in [9.17, 15) is 4.79 Å². The van der Waals surface area contributed by atoms with E-state index in [0.29, 0.717) is 6.54 Å². The molecule has 1 aliphatic rings. The first-order valence-corrected chi connectivity index (χ1v) is 6.56. The summed E-state index contributed by atoms with van der Waals surface area (Å²) in [6.07, 6.45) is 3.73. The minimum absolute atomic E-state index is 0.201. The van der Waals surface area contributed by atoms with Crippen LogP contribution in [-0.4, -0.2) is 30.3 Å². The number of likely N-dealkylation sites (tertiary alicyclic amines) is 1. The number of hydrogen-bond acceptors (Lipinski definition) is 2. The topological polar surface area (TPSA) is 20.3 Å². The molecule has 0 aromatic heterocycles. The van der Waals surface area contributed by atoms with Crippen molar-refractivity contribution in [3.8, 4) is 0 Å². The SMILES string of the molecule is Cc1cc(C(=O)CN2CCCCC2)ccc1Cl. The Morgan fingerprint density at radius 2 is 2.00 bits per heavy atom. The van der Waals surface area contributed by atoms with Gasteiger partial charge in [0.2, 0.25) is 0 Å². The molecule has 0 bridgehead atoms. The predicted molar refractivity (Wildman–Crippen MR) is 70.8 cm³/mol. The third-order valence-electron chi connectivity index (χ3n) is 3.30. The first-order chi connectivity index (χ1) is 8.16. The molecular formula is C14H18ClNO. The number of aryl methyl sites for hydroxylation is 1. The van der Waals surface area contributed by atoms with Crippen LogP contribution in [0.1, 0.15) is 35.2 Å². The van der Waals surface area contributed by atoms with Crippen LogP contribution in [0, 0.1) is 6.92 Å². The molecule has 1 heterocycles. The van der Waals surface area contributed by atoms with Crippen LogP contribution in [0.3, 0.4) is 0 Å². The molecule has 1 aromatic carbocycles. The molecule has 0 spiro atoms. The minimum Gasteiger partial charge on any atom is -0.296 e. The average Bonchev–Trinajstić information content (AvgIpc) is 2.34. The van der Waals surface area contributed by atoms with Crippen molar-refractivity contribution < 1.29 is 4.79 Å². The number of hydrogen-bond donors (Lipinski definition) is 0. The van der Waals surface area contributed by atoms with Crippen LogP contribution < -0.4 is 0 Å². The first-order valence-electron chi connectivity index (χ1n) is 6.18. The molecule has 1 aromatic rings. The molecule has 2 nitrogen and oxygen atoms in total. The zero-order valence-electron chi connectivity index (χ0n) is 10.2. The lowest BCUT2D eigenvalue weighted by Crippen LogP contribution is -2.34. The van der Waals surface area contributed by atoms with Crippen molar-refractivity contribution in [1.82, 2.24) is 4.90 Å². The van der Waals surface area contributed by atoms with E-state index in [2.05, 4.69) is 4.90 Å². The van der Waals surface area contributed by atoms with E-state index in [1.807, 2.05) is 19.1 Å². The highest BCUT2D eigenvalue weighted by Crippen LogP contribution is 2.17. The van der Waals surface area contributed by atoms with E-state index in [-0.39, 0.29) is 5.78 Å². The van der Waals surface area contributed by atoms with E-state index >= 15 is 0 Å². The Labute approximate surface area is 108 Å². The van der Waals surface area contributed by atoms with Crippen molar-refractivity contribution in [2.75, 3.05) is 19.6 Å². The van der Waals surface area contributed by atoms with Crippen molar-refractivity contribution in [2.24, 2.45) is 0 Å². The standard InChI is InChI=1S/C14H18ClNO/c1-11-9-12(5-6-13(11)15)14(17)10-16-7-3-2-4-8-16/h5-6,9H,2-4,7-8,10H2,1H3. The van der Waals surface area contributed by atoms with Crippen LogP contribution in [-0.2, 0) is 0 Å². The molecule has 2 rings (SSSR count). The molecule has 1 aliphatic heterocycles. The summed E-state index contributed by atoms with van der Waals surface area (Å²) in [5.74, 6) is 0.201. The molecule has 0 atom stereocenters. The van der Waals surface area contributed by atoms with Crippen molar-refractivity contribution in [3.63, 3.8) is 0 Å². The molecule has 0 saturated carbocycles. The van der Waals surface area contributed by atoms with Gasteiger partial charge in [-0.2, -0.15) is 0 Å². The van der Waals surface area contributed by atoms with Gasteiger partial charge >= 0.3 is 0 Å². The fraction of sp³-hybridized carbons (Fsp3) is 0.500. The fourth-order valence-electron chi connectivity index (χ4n) is 2.23. The van der Waals surface area contributed by atoms with Crippen molar-refractivity contribution in [3.05, 3.63) is 34.3 Å². The van der Waals surface area contributed by atoms with Crippen molar-refractivity contribution >= 4 is 17.4 Å². The second-order valence-corrected chi connectivity index (χ2v) is 5.13. The average molecular weight is 252 g/mol. The molecule has 0 aliphatic carbocycles. The lowest BCUT2D eigenvalue weighted by Gasteiger charge is -2.25. The van der Waals surface area contributed by atoms with Crippen LogP contribution in [0.25, 0.3) is 0 Å². The van der Waals surface area contributed by atoms with Crippen LogP contribution in [0.2, 0.25) is 5.02 Å². The van der Waals surface area contributed by atoms with Crippen LogP contribution in [0.5, 0.6) is 0 Å². The Morgan fingerprint density at radius 3 is 2.65 bits per heavy atom. The number of Topliss-reactive ketones (excluding diaryl/α,β-unsaturated/α-hetero) is 1. The third-order valence-corrected chi connectivity index (χ3v) is 3.72. The summed E-state index contributed by atoms with van der Waals surface area (Å²) in [6.45, 7) is 4.58. The number of ketones is 1. The quantitative estimate of drug-likeness (QED) is 0.769. The van der Waals surface area contributed by atoms with Crippen LogP contribution >= 0.6 is 11.6 Å². The van der Waals surface area contributed by atoms with Crippen molar-refractivity contribution in [1.29, 1.82) is 0 Å². The summed E-state index contributed by atoms with van der Waals surface area (Å²) < 4.78 is 0. The maximum Gasteiger partial charge on any atom is 0.176 e. The zero-order chi connectivity index (χ0) is 12.3. The molecular weight excluding hydrogens is 234 g/mol. The van der Waals surface area contributed by atoms with E-state index in [1.54, 1.807) is 6.07 Å². The number of nitrogens with zero attached hydrogens (tertiary/aromatic N) is 1. The Balaban J connectivity index is 2.01. The summed E-state index contributed by atoms with van der Waals surface area (Å²) in [4.78, 5) is 14.3. The third kappa shape index (κ3) is 3.30. The second kappa shape index (κ2) is 5.65. The normalized spacial score (nSPS) is 17.1. The van der Waals surface area contributed by atoms with Gasteiger partial charge in [-0.1, -0.05) is 18.0 Å². The maximum atomic E-state index is 12.1. The Morgan fingerprint density at radius 1 is 1.29 bits per heavy atom. The van der Waals surface area contributed by atoms with E-state index in [4.69, 9.17) is 11.6 Å². The van der Waals surface area contributed by atoms with Gasteiger partial charge in [-0.05, 0) is 56.6 Å². The van der Waals surface area contributed by atoms with Gasteiger partial charge in [0.05, 0.1) is 6.54 Å². The summed E-state index contributed by atoms with van der Waals surface area (Å²) in [5, 5.41) is 0.722. The summed E-state index contributed by atoms with van der Waals surface area (Å²) in [6, 6.07) is 5.51. The van der Waals surface area contributed by atoms with Crippen molar-refractivity contribution in [2.45, 2.75) is 26.2 Å². The largest absolute Gasteiger partial charge is 0.296 e. The lowest BCUT2D eigenvalue weighted by atomic mass is 10.1. The molecule has 1 saturated heterocycles. The summed E-state index contributed by atoms with van der Waals surface area (Å²) in [5.41, 5.74) is 1.74. The summed E-state index contributed by atoms with van der Waals surface area (Å²) >= 11 is 5.96. The van der Waals surface area contributed by atoms with Crippen LogP contribution in [0.4, 0.5) is 0 Å². The Hall–Kier alpha value is -0.860. The van der Waals surface area contributed by atoms with E-state index < -0.39 is 0 Å². The van der Waals surface area contributed by atoms with Gasteiger partial charge < -0.3 is 0 Å². The number of halogens is 1. The number of carbonyl (C=O) groups excluding carboxylic acids is 1. The predicted octanol–water partition coefficient (Wildman–Crippen LogP) is 3.32. The minimum atomic E-state index is 0.201. The highest BCUT2D eigenvalue weighted by atomic mass is 35.5. The van der Waals surface area contributed by atoms with E-state index in [0.717, 1.165) is 29.2 Å².